The SMILES string of the molecule is Cc1ccc(Nc2nnc(SCC(=O)Nc3nnc(C(C)C)o3)s2)cc1C. The normalized spacial score (nSPS) is 11.0. The second kappa shape index (κ2) is 8.49. The van der Waals surface area contributed by atoms with Gasteiger partial charge in [0.1, 0.15) is 0 Å². The Kier molecular flexibility index (Phi) is 6.07. The number of carbonyl (C=O) groups is 1. The van der Waals surface area contributed by atoms with E-state index in [2.05, 4.69) is 57.0 Å². The number of anilines is 3. The minimum atomic E-state index is -0.238. The summed E-state index contributed by atoms with van der Waals surface area (Å²) in [5, 5.41) is 22.4. The molecule has 0 aliphatic carbocycles. The zero-order valence-corrected chi connectivity index (χ0v) is 17.1. The van der Waals surface area contributed by atoms with E-state index in [1.165, 1.54) is 34.2 Å². The van der Waals surface area contributed by atoms with E-state index < -0.39 is 0 Å². The molecule has 0 saturated carbocycles. The van der Waals surface area contributed by atoms with Gasteiger partial charge < -0.3 is 9.73 Å². The van der Waals surface area contributed by atoms with Gasteiger partial charge in [-0.1, -0.05) is 48.1 Å². The largest absolute Gasteiger partial charge is 0.408 e. The molecular weight excluding hydrogens is 384 g/mol. The fourth-order valence-corrected chi connectivity index (χ4v) is 3.63. The van der Waals surface area contributed by atoms with E-state index in [0.717, 1.165) is 5.69 Å². The van der Waals surface area contributed by atoms with Crippen molar-refractivity contribution in [3.8, 4) is 0 Å². The van der Waals surface area contributed by atoms with E-state index in [0.29, 0.717) is 15.4 Å². The molecule has 10 heteroatoms. The first-order valence-corrected chi connectivity index (χ1v) is 10.1. The topological polar surface area (TPSA) is 106 Å². The van der Waals surface area contributed by atoms with E-state index in [1.807, 2.05) is 19.9 Å². The number of hydrogen-bond donors (Lipinski definition) is 2. The van der Waals surface area contributed by atoms with Crippen molar-refractivity contribution in [2.24, 2.45) is 0 Å². The maximum Gasteiger partial charge on any atom is 0.322 e. The van der Waals surface area contributed by atoms with Gasteiger partial charge in [0.05, 0.1) is 5.75 Å². The van der Waals surface area contributed by atoms with Crippen molar-refractivity contribution in [3.63, 3.8) is 0 Å². The molecule has 0 atom stereocenters. The minimum Gasteiger partial charge on any atom is -0.408 e. The van der Waals surface area contributed by atoms with Crippen molar-refractivity contribution < 1.29 is 9.21 Å². The highest BCUT2D eigenvalue weighted by molar-refractivity contribution is 8.01. The van der Waals surface area contributed by atoms with E-state index in [-0.39, 0.29) is 23.6 Å². The average Bonchev–Trinajstić information content (AvgIpc) is 3.26. The summed E-state index contributed by atoms with van der Waals surface area (Å²) in [7, 11) is 0. The van der Waals surface area contributed by atoms with E-state index in [9.17, 15) is 4.79 Å². The van der Waals surface area contributed by atoms with Crippen molar-refractivity contribution >= 4 is 45.8 Å². The summed E-state index contributed by atoms with van der Waals surface area (Å²) < 4.78 is 6.06. The summed E-state index contributed by atoms with van der Waals surface area (Å²) in [6.45, 7) is 8.01. The summed E-state index contributed by atoms with van der Waals surface area (Å²) in [5.41, 5.74) is 3.40. The summed E-state index contributed by atoms with van der Waals surface area (Å²) in [6, 6.07) is 6.23. The molecule has 3 rings (SSSR count). The Morgan fingerprint density at radius 1 is 1.19 bits per heavy atom. The van der Waals surface area contributed by atoms with Crippen molar-refractivity contribution in [1.82, 2.24) is 20.4 Å². The third-order valence-electron chi connectivity index (χ3n) is 3.67. The van der Waals surface area contributed by atoms with Crippen LogP contribution in [0.1, 0.15) is 36.8 Å². The molecule has 0 spiro atoms. The number of thioether (sulfide) groups is 1. The van der Waals surface area contributed by atoms with E-state index in [4.69, 9.17) is 4.42 Å². The van der Waals surface area contributed by atoms with Crippen LogP contribution in [0.25, 0.3) is 0 Å². The van der Waals surface area contributed by atoms with Crippen LogP contribution in [0, 0.1) is 13.8 Å². The summed E-state index contributed by atoms with van der Waals surface area (Å²) in [4.78, 5) is 12.0. The van der Waals surface area contributed by atoms with Crippen LogP contribution in [0.3, 0.4) is 0 Å². The Labute approximate surface area is 165 Å². The standard InChI is InChI=1S/C17H20N6O2S2/c1-9(2)14-20-21-15(25-14)19-13(24)8-26-17-23-22-16(27-17)18-12-6-5-10(3)11(4)7-12/h5-7,9H,8H2,1-4H3,(H,18,22)(H,19,21,24). The smallest absolute Gasteiger partial charge is 0.322 e. The van der Waals surface area contributed by atoms with Gasteiger partial charge in [0.25, 0.3) is 0 Å². The van der Waals surface area contributed by atoms with Crippen molar-refractivity contribution in [1.29, 1.82) is 0 Å². The number of amides is 1. The summed E-state index contributed by atoms with van der Waals surface area (Å²) >= 11 is 2.69. The van der Waals surface area contributed by atoms with Gasteiger partial charge >= 0.3 is 6.01 Å². The fraction of sp³-hybridized carbons (Fsp3) is 0.353. The molecule has 3 aromatic rings. The highest BCUT2D eigenvalue weighted by Gasteiger charge is 2.13. The van der Waals surface area contributed by atoms with Crippen LogP contribution >= 0.6 is 23.1 Å². The third-order valence-corrected chi connectivity index (χ3v) is 5.64. The zero-order valence-electron chi connectivity index (χ0n) is 15.4. The monoisotopic (exact) mass is 404 g/mol. The molecule has 0 bridgehead atoms. The Hall–Kier alpha value is -2.46. The number of rotatable bonds is 7. The van der Waals surface area contributed by atoms with Gasteiger partial charge in [-0.05, 0) is 37.1 Å². The Morgan fingerprint density at radius 2 is 2.00 bits per heavy atom. The van der Waals surface area contributed by atoms with Crippen LogP contribution in [0.15, 0.2) is 27.0 Å². The van der Waals surface area contributed by atoms with Gasteiger partial charge in [0, 0.05) is 11.6 Å². The van der Waals surface area contributed by atoms with E-state index in [1.54, 1.807) is 0 Å². The number of carbonyl (C=O) groups excluding carboxylic acids is 1. The second-order valence-electron chi connectivity index (χ2n) is 6.23. The molecule has 0 aliphatic heterocycles. The maximum absolute atomic E-state index is 12.0. The maximum atomic E-state index is 12.0. The lowest BCUT2D eigenvalue weighted by molar-refractivity contribution is -0.113. The Balaban J connectivity index is 1.51. The minimum absolute atomic E-state index is 0.110. The highest BCUT2D eigenvalue weighted by atomic mass is 32.2. The van der Waals surface area contributed by atoms with Crippen molar-refractivity contribution in [2.75, 3.05) is 16.4 Å². The lowest BCUT2D eigenvalue weighted by Crippen LogP contribution is -2.14. The van der Waals surface area contributed by atoms with Crippen molar-refractivity contribution in [2.45, 2.75) is 38.0 Å². The molecule has 0 radical (unpaired) electrons. The number of aryl methyl sites for hydroxylation is 2. The predicted molar refractivity (Wildman–Crippen MR) is 107 cm³/mol. The summed E-state index contributed by atoms with van der Waals surface area (Å²) in [6.07, 6.45) is 0. The number of nitrogens with zero attached hydrogens (tertiary/aromatic N) is 4. The van der Waals surface area contributed by atoms with Gasteiger partial charge in [-0.3, -0.25) is 10.1 Å². The Morgan fingerprint density at radius 3 is 2.70 bits per heavy atom. The van der Waals surface area contributed by atoms with Crippen molar-refractivity contribution in [3.05, 3.63) is 35.2 Å². The third kappa shape index (κ3) is 5.27. The van der Waals surface area contributed by atoms with Crippen LogP contribution in [0.4, 0.5) is 16.8 Å². The molecule has 2 heterocycles. The number of aromatic nitrogens is 4. The molecule has 0 saturated heterocycles. The molecule has 0 unspecified atom stereocenters. The predicted octanol–water partition coefficient (Wildman–Crippen LogP) is 4.14. The van der Waals surface area contributed by atoms with Crippen LogP contribution < -0.4 is 10.6 Å². The fourth-order valence-electron chi connectivity index (χ4n) is 2.06. The molecule has 142 valence electrons. The van der Waals surface area contributed by atoms with Gasteiger partial charge in [0.2, 0.25) is 16.9 Å². The molecular formula is C17H20N6O2S2. The first-order valence-electron chi connectivity index (χ1n) is 8.34. The van der Waals surface area contributed by atoms with E-state index >= 15 is 0 Å². The molecule has 0 aliphatic rings. The molecule has 8 nitrogen and oxygen atoms in total. The van der Waals surface area contributed by atoms with Gasteiger partial charge in [-0.15, -0.1) is 15.3 Å². The molecule has 2 aromatic heterocycles. The molecule has 1 amide bonds. The zero-order chi connectivity index (χ0) is 19.4. The lowest BCUT2D eigenvalue weighted by atomic mass is 10.1. The van der Waals surface area contributed by atoms with Gasteiger partial charge in [0.15, 0.2) is 4.34 Å². The molecule has 1 aromatic carbocycles. The quantitative estimate of drug-likeness (QED) is 0.566. The van der Waals surface area contributed by atoms with Crippen LogP contribution in [0.2, 0.25) is 0 Å². The van der Waals surface area contributed by atoms with Crippen LogP contribution in [0.5, 0.6) is 0 Å². The van der Waals surface area contributed by atoms with Gasteiger partial charge in [-0.25, -0.2) is 0 Å². The number of hydrogen-bond acceptors (Lipinski definition) is 9. The lowest BCUT2D eigenvalue weighted by Gasteiger charge is -2.05. The molecule has 27 heavy (non-hydrogen) atoms. The second-order valence-corrected chi connectivity index (χ2v) is 8.43. The van der Waals surface area contributed by atoms with Gasteiger partial charge in [-0.2, -0.15) is 0 Å². The van der Waals surface area contributed by atoms with Crippen LogP contribution in [-0.4, -0.2) is 32.1 Å². The molecule has 0 fully saturated rings. The summed E-state index contributed by atoms with van der Waals surface area (Å²) in [5.74, 6) is 0.543. The first kappa shape index (κ1) is 19.3. The Bertz CT molecular complexity index is 937. The average molecular weight is 405 g/mol. The highest BCUT2D eigenvalue weighted by Crippen LogP contribution is 2.28. The number of nitrogens with one attached hydrogen (secondary N) is 2. The van der Waals surface area contributed by atoms with Crippen LogP contribution in [-0.2, 0) is 4.79 Å². The number of benzene rings is 1. The molecule has 2 N–H and O–H groups in total. The first-order chi connectivity index (χ1) is 12.9.